The Balaban J connectivity index is 2.13. The van der Waals surface area contributed by atoms with Crippen LogP contribution in [0.15, 0.2) is 24.3 Å². The zero-order chi connectivity index (χ0) is 14.5. The van der Waals surface area contributed by atoms with Gasteiger partial charge in [0.15, 0.2) is 0 Å². The first kappa shape index (κ1) is 14.4. The van der Waals surface area contributed by atoms with Gasteiger partial charge in [0.1, 0.15) is 18.2 Å². The van der Waals surface area contributed by atoms with E-state index < -0.39 is 0 Å². The van der Waals surface area contributed by atoms with Gasteiger partial charge in [-0.2, -0.15) is 5.10 Å². The summed E-state index contributed by atoms with van der Waals surface area (Å²) in [6.45, 7) is 2.23. The summed E-state index contributed by atoms with van der Waals surface area (Å²) in [7, 11) is 1.84. The number of aryl methyl sites for hydroxylation is 2. The van der Waals surface area contributed by atoms with Crippen molar-refractivity contribution in [3.63, 3.8) is 0 Å². The van der Waals surface area contributed by atoms with Gasteiger partial charge in [-0.1, -0.05) is 11.8 Å². The molecule has 0 saturated heterocycles. The van der Waals surface area contributed by atoms with E-state index in [-0.39, 0.29) is 11.7 Å². The van der Waals surface area contributed by atoms with Crippen LogP contribution in [0, 0.1) is 24.6 Å². The molecule has 0 radical (unpaired) electrons. The molecule has 0 spiro atoms. The Bertz CT molecular complexity index is 670. The molecule has 20 heavy (non-hydrogen) atoms. The van der Waals surface area contributed by atoms with E-state index in [0.717, 1.165) is 11.4 Å². The smallest absolute Gasteiger partial charge is 0.130 e. The first-order chi connectivity index (χ1) is 9.58. The Morgan fingerprint density at radius 1 is 1.35 bits per heavy atom. The van der Waals surface area contributed by atoms with E-state index >= 15 is 0 Å². The third-order valence-electron chi connectivity index (χ3n) is 2.66. The van der Waals surface area contributed by atoms with Crippen molar-refractivity contribution in [2.45, 2.75) is 13.5 Å². The van der Waals surface area contributed by atoms with Gasteiger partial charge in [-0.05, 0) is 25.1 Å². The van der Waals surface area contributed by atoms with Crippen LogP contribution in [0.4, 0.5) is 4.39 Å². The van der Waals surface area contributed by atoms with Crippen LogP contribution < -0.4 is 4.74 Å². The van der Waals surface area contributed by atoms with Gasteiger partial charge in [-0.15, -0.1) is 11.6 Å². The number of hydrogen-bond acceptors (Lipinski definition) is 2. The molecule has 0 bridgehead atoms. The van der Waals surface area contributed by atoms with Crippen molar-refractivity contribution in [1.82, 2.24) is 9.78 Å². The summed E-state index contributed by atoms with van der Waals surface area (Å²) < 4.78 is 20.8. The molecule has 5 heteroatoms. The average Bonchev–Trinajstić information content (AvgIpc) is 2.72. The minimum atomic E-state index is -0.387. The summed E-state index contributed by atoms with van der Waals surface area (Å²) in [5.74, 6) is 5.71. The summed E-state index contributed by atoms with van der Waals surface area (Å²) in [6.07, 6.45) is 0. The van der Waals surface area contributed by atoms with Crippen molar-refractivity contribution in [1.29, 1.82) is 0 Å². The fourth-order valence-corrected chi connectivity index (χ4v) is 1.88. The van der Waals surface area contributed by atoms with Crippen LogP contribution in [0.3, 0.4) is 0 Å². The predicted molar refractivity (Wildman–Crippen MR) is 76.3 cm³/mol. The van der Waals surface area contributed by atoms with E-state index in [1.807, 2.05) is 20.0 Å². The minimum absolute atomic E-state index is 0.209. The monoisotopic (exact) mass is 292 g/mol. The highest BCUT2D eigenvalue weighted by atomic mass is 35.5. The van der Waals surface area contributed by atoms with E-state index in [1.165, 1.54) is 12.1 Å². The molecular weight excluding hydrogens is 279 g/mol. The molecule has 0 unspecified atom stereocenters. The maximum Gasteiger partial charge on any atom is 0.130 e. The van der Waals surface area contributed by atoms with E-state index in [4.69, 9.17) is 16.3 Å². The van der Waals surface area contributed by atoms with Gasteiger partial charge < -0.3 is 4.74 Å². The Hall–Kier alpha value is -1.99. The minimum Gasteiger partial charge on any atom is -0.487 e. The highest BCUT2D eigenvalue weighted by Gasteiger charge is 2.05. The van der Waals surface area contributed by atoms with Crippen LogP contribution in [0.5, 0.6) is 5.75 Å². The number of nitrogens with zero attached hydrogens (tertiary/aromatic N) is 2. The fourth-order valence-electron chi connectivity index (χ4n) is 1.81. The molecule has 0 fully saturated rings. The number of halogens is 2. The Morgan fingerprint density at radius 2 is 2.15 bits per heavy atom. The van der Waals surface area contributed by atoms with E-state index in [2.05, 4.69) is 16.9 Å². The van der Waals surface area contributed by atoms with Crippen molar-refractivity contribution in [3.8, 4) is 17.6 Å². The van der Waals surface area contributed by atoms with Gasteiger partial charge in [-0.25, -0.2) is 4.39 Å². The lowest BCUT2D eigenvalue weighted by atomic mass is 10.2. The summed E-state index contributed by atoms with van der Waals surface area (Å²) >= 11 is 5.48. The number of rotatable bonds is 3. The number of benzene rings is 1. The molecule has 0 aliphatic heterocycles. The molecule has 0 amide bonds. The quantitative estimate of drug-likeness (QED) is 0.642. The van der Waals surface area contributed by atoms with Crippen molar-refractivity contribution >= 4 is 11.6 Å². The van der Waals surface area contributed by atoms with Gasteiger partial charge in [0.2, 0.25) is 0 Å². The van der Waals surface area contributed by atoms with Crippen LogP contribution in [0.2, 0.25) is 0 Å². The molecular formula is C15H14ClFN2O. The molecule has 0 N–H and O–H groups in total. The van der Waals surface area contributed by atoms with Crippen LogP contribution in [0.1, 0.15) is 17.0 Å². The normalized spacial score (nSPS) is 10.0. The summed E-state index contributed by atoms with van der Waals surface area (Å²) in [5.41, 5.74) is 2.38. The van der Waals surface area contributed by atoms with Gasteiger partial charge >= 0.3 is 0 Å². The van der Waals surface area contributed by atoms with E-state index in [9.17, 15) is 4.39 Å². The number of alkyl halides is 1. The van der Waals surface area contributed by atoms with Crippen LogP contribution in [-0.4, -0.2) is 15.7 Å². The van der Waals surface area contributed by atoms with Crippen LogP contribution in [-0.2, 0) is 13.7 Å². The van der Waals surface area contributed by atoms with Gasteiger partial charge in [-0.3, -0.25) is 4.68 Å². The maximum absolute atomic E-state index is 13.5. The predicted octanol–water partition coefficient (Wildman–Crippen LogP) is 3.04. The van der Waals surface area contributed by atoms with Gasteiger partial charge in [0.05, 0.1) is 17.3 Å². The highest BCUT2D eigenvalue weighted by Crippen LogP contribution is 2.17. The molecule has 1 aromatic carbocycles. The van der Waals surface area contributed by atoms with E-state index in [0.29, 0.717) is 17.9 Å². The molecule has 0 saturated carbocycles. The lowest BCUT2D eigenvalue weighted by Crippen LogP contribution is -2.03. The number of ether oxygens (including phenoxy) is 1. The Labute approximate surface area is 122 Å². The zero-order valence-corrected chi connectivity index (χ0v) is 12.0. The molecule has 0 aliphatic rings. The molecule has 2 aromatic rings. The molecule has 1 heterocycles. The molecule has 1 aromatic heterocycles. The second-order valence-electron chi connectivity index (χ2n) is 4.30. The van der Waals surface area contributed by atoms with Gasteiger partial charge in [0, 0.05) is 18.7 Å². The second-order valence-corrected chi connectivity index (χ2v) is 4.57. The largest absolute Gasteiger partial charge is 0.487 e. The lowest BCUT2D eigenvalue weighted by molar-refractivity contribution is 0.293. The third kappa shape index (κ3) is 3.75. The van der Waals surface area contributed by atoms with Crippen LogP contribution in [0.25, 0.3) is 0 Å². The summed E-state index contributed by atoms with van der Waals surface area (Å²) in [4.78, 5) is 0. The molecule has 2 rings (SSSR count). The number of aromatic nitrogens is 2. The summed E-state index contributed by atoms with van der Waals surface area (Å²) in [5, 5.41) is 4.22. The zero-order valence-electron chi connectivity index (χ0n) is 11.3. The lowest BCUT2D eigenvalue weighted by Gasteiger charge is -2.07. The first-order valence-corrected chi connectivity index (χ1v) is 6.59. The Kier molecular flexibility index (Phi) is 4.65. The van der Waals surface area contributed by atoms with Crippen molar-refractivity contribution in [2.24, 2.45) is 7.05 Å². The highest BCUT2D eigenvalue weighted by molar-refractivity contribution is 6.19. The van der Waals surface area contributed by atoms with Crippen LogP contribution >= 0.6 is 11.6 Å². The van der Waals surface area contributed by atoms with Gasteiger partial charge in [0.25, 0.3) is 0 Å². The maximum atomic E-state index is 13.5. The standard InChI is InChI=1S/C15H14ClFN2O/c1-11-6-14(19(2)18-11)10-20-15-8-12(4-3-5-16)7-13(17)9-15/h6-9H,5,10H2,1-2H3. The van der Waals surface area contributed by atoms with Crippen molar-refractivity contribution in [2.75, 3.05) is 5.88 Å². The average molecular weight is 293 g/mol. The number of hydrogen-bond donors (Lipinski definition) is 0. The molecule has 0 aliphatic carbocycles. The van der Waals surface area contributed by atoms with Crippen molar-refractivity contribution < 1.29 is 9.13 Å². The first-order valence-electron chi connectivity index (χ1n) is 6.06. The fraction of sp³-hybridized carbons (Fsp3) is 0.267. The van der Waals surface area contributed by atoms with Crippen molar-refractivity contribution in [3.05, 3.63) is 47.0 Å². The summed E-state index contributed by atoms with van der Waals surface area (Å²) in [6, 6.07) is 6.29. The Morgan fingerprint density at radius 3 is 2.80 bits per heavy atom. The molecule has 104 valence electrons. The van der Waals surface area contributed by atoms with E-state index in [1.54, 1.807) is 10.7 Å². The molecule has 3 nitrogen and oxygen atoms in total. The topological polar surface area (TPSA) is 27.1 Å². The third-order valence-corrected chi connectivity index (χ3v) is 2.79. The second kappa shape index (κ2) is 6.44. The molecule has 0 atom stereocenters. The SMILES string of the molecule is Cc1cc(COc2cc(F)cc(C#CCCl)c2)n(C)n1.